The Labute approximate surface area is 157 Å². The van der Waals surface area contributed by atoms with Gasteiger partial charge in [-0.15, -0.1) is 0 Å². The summed E-state index contributed by atoms with van der Waals surface area (Å²) in [5.41, 5.74) is 0.0947. The van der Waals surface area contributed by atoms with Gasteiger partial charge in [-0.3, -0.25) is 8.20 Å². The van der Waals surface area contributed by atoms with E-state index in [1.807, 2.05) is 74.5 Å². The van der Waals surface area contributed by atoms with Gasteiger partial charge in [-0.2, -0.15) is 41.8 Å². The first-order chi connectivity index (χ1) is 9.83. The average molecular weight is 395 g/mol. The molecule has 1 atom stereocenters. The van der Waals surface area contributed by atoms with Crippen LogP contribution in [-0.4, -0.2) is 16.7 Å². The molecular formula is C19H28OPZr-3. The molecule has 0 radical (unpaired) electrons. The van der Waals surface area contributed by atoms with E-state index in [1.165, 1.54) is 0 Å². The van der Waals surface area contributed by atoms with Gasteiger partial charge in [0, 0.05) is 26.2 Å². The maximum atomic E-state index is 9.41. The predicted molar refractivity (Wildman–Crippen MR) is 96.3 cm³/mol. The maximum absolute atomic E-state index is 9.41. The third-order valence-electron chi connectivity index (χ3n) is 2.24. The minimum atomic E-state index is -0.255. The van der Waals surface area contributed by atoms with Crippen molar-refractivity contribution in [1.82, 2.24) is 0 Å². The second-order valence-electron chi connectivity index (χ2n) is 6.07. The Hall–Kier alpha value is -0.287. The van der Waals surface area contributed by atoms with Crippen LogP contribution in [0.25, 0.3) is 0 Å². The Morgan fingerprint density at radius 1 is 0.909 bits per heavy atom. The predicted octanol–water partition coefficient (Wildman–Crippen LogP) is 5.44. The summed E-state index contributed by atoms with van der Waals surface area (Å²) in [5, 5.41) is 9.41. The van der Waals surface area contributed by atoms with Crippen LogP contribution in [-0.2, 0) is 26.2 Å². The Balaban J connectivity index is 0. The van der Waals surface area contributed by atoms with Crippen LogP contribution in [0.5, 0.6) is 0 Å². The molecule has 1 N–H and O–H groups in total. The molecule has 1 unspecified atom stereocenters. The van der Waals surface area contributed by atoms with Crippen LogP contribution in [0.4, 0.5) is 0 Å². The fourth-order valence-corrected chi connectivity index (χ4v) is 1.87. The number of aliphatic hydroxyl groups is 1. The van der Waals surface area contributed by atoms with Gasteiger partial charge in [0.25, 0.3) is 0 Å². The summed E-state index contributed by atoms with van der Waals surface area (Å²) < 4.78 is 0. The molecule has 0 bridgehead atoms. The molecule has 0 spiro atoms. The summed E-state index contributed by atoms with van der Waals surface area (Å²) >= 11 is 0. The van der Waals surface area contributed by atoms with Crippen LogP contribution in [0.2, 0.25) is 0 Å². The van der Waals surface area contributed by atoms with Gasteiger partial charge >= 0.3 is 0 Å². The molecule has 0 aliphatic rings. The van der Waals surface area contributed by atoms with Crippen LogP contribution in [0.1, 0.15) is 34.6 Å². The van der Waals surface area contributed by atoms with Crippen molar-refractivity contribution in [2.75, 3.05) is 0 Å². The van der Waals surface area contributed by atoms with Crippen molar-refractivity contribution in [2.24, 2.45) is 11.3 Å². The van der Waals surface area contributed by atoms with Gasteiger partial charge in [0.05, 0.1) is 5.85 Å². The van der Waals surface area contributed by atoms with Crippen LogP contribution in [0.3, 0.4) is 0 Å². The summed E-state index contributed by atoms with van der Waals surface area (Å²) in [6.07, 6.45) is 0. The molecule has 0 fully saturated rings. The van der Waals surface area contributed by atoms with Crippen LogP contribution in [0.15, 0.2) is 60.7 Å². The van der Waals surface area contributed by atoms with Gasteiger partial charge in [0.1, 0.15) is 0 Å². The number of hydrogen-bond acceptors (Lipinski definition) is 1. The SMILES string of the molecule is CC(C)C(O)P=[C-]C(C)(C)C.[Zr].c1cc[cH-]c1.c1cc[cH-]c1. The molecule has 2 aromatic carbocycles. The van der Waals surface area contributed by atoms with E-state index >= 15 is 0 Å². The first kappa shape index (κ1) is 24.0. The van der Waals surface area contributed by atoms with E-state index in [9.17, 15) is 5.11 Å². The number of rotatable bonds is 2. The number of hydrogen-bond donors (Lipinski definition) is 1. The van der Waals surface area contributed by atoms with Gasteiger partial charge in [0.2, 0.25) is 0 Å². The summed E-state index contributed by atoms with van der Waals surface area (Å²) in [6, 6.07) is 20.0. The van der Waals surface area contributed by atoms with Crippen molar-refractivity contribution < 1.29 is 31.3 Å². The van der Waals surface area contributed by atoms with Crippen molar-refractivity contribution in [3.8, 4) is 0 Å². The first-order valence-electron chi connectivity index (χ1n) is 7.31. The van der Waals surface area contributed by atoms with E-state index < -0.39 is 0 Å². The summed E-state index contributed by atoms with van der Waals surface area (Å²) in [7, 11) is 0.920. The normalized spacial score (nSPS) is 11.8. The van der Waals surface area contributed by atoms with Crippen molar-refractivity contribution >= 4 is 14.0 Å². The molecule has 1 nitrogen and oxygen atoms in total. The second kappa shape index (κ2) is 14.3. The zero-order chi connectivity index (χ0) is 16.1. The van der Waals surface area contributed by atoms with E-state index in [0.29, 0.717) is 5.92 Å². The van der Waals surface area contributed by atoms with Crippen molar-refractivity contribution in [2.45, 2.75) is 40.5 Å². The van der Waals surface area contributed by atoms with Crippen molar-refractivity contribution in [3.05, 3.63) is 60.7 Å². The monoisotopic (exact) mass is 393 g/mol. The third-order valence-corrected chi connectivity index (χ3v) is 3.90. The smallest absolute Gasteiger partial charge is 0.0640 e. The molecule has 2 aromatic rings. The van der Waals surface area contributed by atoms with E-state index in [0.717, 1.165) is 8.20 Å². The third kappa shape index (κ3) is 17.8. The first-order valence-corrected chi connectivity index (χ1v) is 8.27. The molecule has 3 heteroatoms. The Kier molecular flexibility index (Phi) is 15.6. The Morgan fingerprint density at radius 2 is 1.27 bits per heavy atom. The molecule has 0 aliphatic heterocycles. The molecule has 2 rings (SSSR count). The van der Waals surface area contributed by atoms with Gasteiger partial charge in [-0.05, 0) is 5.92 Å². The van der Waals surface area contributed by atoms with Crippen LogP contribution < -0.4 is 0 Å². The fourth-order valence-electron chi connectivity index (χ4n) is 1.05. The Morgan fingerprint density at radius 3 is 1.45 bits per heavy atom. The van der Waals surface area contributed by atoms with Gasteiger partial charge in [-0.1, -0.05) is 34.6 Å². The van der Waals surface area contributed by atoms with E-state index in [4.69, 9.17) is 0 Å². The van der Waals surface area contributed by atoms with Crippen LogP contribution >= 0.6 is 8.20 Å². The topological polar surface area (TPSA) is 20.2 Å². The minimum absolute atomic E-state index is 0. The van der Waals surface area contributed by atoms with Crippen LogP contribution in [0, 0.1) is 11.3 Å². The van der Waals surface area contributed by atoms with Gasteiger partial charge in [-0.25, -0.2) is 24.3 Å². The van der Waals surface area contributed by atoms with E-state index in [2.05, 4.69) is 26.6 Å². The molecule has 0 aromatic heterocycles. The van der Waals surface area contributed by atoms with Crippen molar-refractivity contribution in [1.29, 1.82) is 0 Å². The zero-order valence-corrected chi connectivity index (χ0v) is 17.7. The molecule has 122 valence electrons. The zero-order valence-electron chi connectivity index (χ0n) is 14.3. The summed E-state index contributed by atoms with van der Waals surface area (Å²) in [6.45, 7) is 10.3. The van der Waals surface area contributed by atoms with E-state index in [1.54, 1.807) is 0 Å². The summed E-state index contributed by atoms with van der Waals surface area (Å²) in [5.74, 6) is 3.30. The molecule has 0 saturated carbocycles. The Bertz CT molecular complexity index is 364. The standard InChI is InChI=1S/C9H18OP.2C5H5.Zr/c1-7(2)8(10)11-6-9(3,4)5;2*1-2-4-5-3-1;/h7-8,10H,1-5H3;2*1-5H;/q3*-1;. The molecule has 0 heterocycles. The summed E-state index contributed by atoms with van der Waals surface area (Å²) in [4.78, 5) is 0. The maximum Gasteiger partial charge on any atom is 0.0640 e. The molecule has 0 aliphatic carbocycles. The molecule has 0 saturated heterocycles. The fraction of sp³-hybridized carbons (Fsp3) is 0.421. The molecular weight excluding hydrogens is 366 g/mol. The molecule has 22 heavy (non-hydrogen) atoms. The quantitative estimate of drug-likeness (QED) is 0.531. The largest absolute Gasteiger partial charge is 0.459 e. The average Bonchev–Trinajstić information content (AvgIpc) is 3.10. The minimum Gasteiger partial charge on any atom is -0.459 e. The molecule has 0 amide bonds. The number of aliphatic hydroxyl groups excluding tert-OH is 1. The van der Waals surface area contributed by atoms with Crippen molar-refractivity contribution in [3.63, 3.8) is 0 Å². The van der Waals surface area contributed by atoms with Gasteiger partial charge < -0.3 is 10.9 Å². The van der Waals surface area contributed by atoms with E-state index in [-0.39, 0.29) is 37.5 Å². The van der Waals surface area contributed by atoms with Gasteiger partial charge in [0.15, 0.2) is 0 Å². The second-order valence-corrected chi connectivity index (χ2v) is 7.08.